The minimum atomic E-state index is -0.0439. The second kappa shape index (κ2) is 6.86. The molecule has 0 heterocycles. The van der Waals surface area contributed by atoms with Crippen LogP contribution in [0.3, 0.4) is 0 Å². The number of ether oxygens (including phenoxy) is 1. The van der Waals surface area contributed by atoms with Crippen LogP contribution in [-0.4, -0.2) is 25.5 Å². The number of carbonyl (C=O) groups excluding carboxylic acids is 1. The first-order chi connectivity index (χ1) is 7.63. The lowest BCUT2D eigenvalue weighted by atomic mass is 10.1. The number of carbonyl (C=O) groups is 1. The molecule has 0 unspecified atom stereocenters. The first-order valence-corrected chi connectivity index (χ1v) is 5.62. The van der Waals surface area contributed by atoms with Crippen molar-refractivity contribution < 1.29 is 9.53 Å². The van der Waals surface area contributed by atoms with Crippen molar-refractivity contribution in [2.45, 2.75) is 6.42 Å². The molecule has 1 aromatic rings. The van der Waals surface area contributed by atoms with E-state index in [4.69, 9.17) is 33.7 Å². The van der Waals surface area contributed by atoms with Crippen LogP contribution in [0, 0.1) is 0 Å². The molecule has 16 heavy (non-hydrogen) atoms. The Morgan fingerprint density at radius 3 is 2.81 bits per heavy atom. The Morgan fingerprint density at radius 2 is 2.12 bits per heavy atom. The highest BCUT2D eigenvalue weighted by molar-refractivity contribution is 6.33. The van der Waals surface area contributed by atoms with Crippen LogP contribution in [0.25, 0.3) is 0 Å². The van der Waals surface area contributed by atoms with Gasteiger partial charge in [0, 0.05) is 23.0 Å². The molecule has 0 amide bonds. The zero-order valence-electron chi connectivity index (χ0n) is 8.71. The van der Waals surface area contributed by atoms with Gasteiger partial charge in [0.2, 0.25) is 0 Å². The summed E-state index contributed by atoms with van der Waals surface area (Å²) in [5.74, 6) is -0.0439. The molecular formula is C11H13Cl2NO2. The molecule has 0 atom stereocenters. The third-order valence-corrected chi connectivity index (χ3v) is 2.52. The van der Waals surface area contributed by atoms with Crippen LogP contribution >= 0.6 is 23.2 Å². The fourth-order valence-corrected chi connectivity index (χ4v) is 1.59. The van der Waals surface area contributed by atoms with Crippen molar-refractivity contribution in [2.75, 3.05) is 19.8 Å². The SMILES string of the molecule is NCCOCC(=O)Cc1cc(Cl)ccc1Cl. The summed E-state index contributed by atoms with van der Waals surface area (Å²) in [7, 11) is 0. The van der Waals surface area contributed by atoms with Crippen molar-refractivity contribution in [3.63, 3.8) is 0 Å². The number of nitrogens with two attached hydrogens (primary N) is 1. The van der Waals surface area contributed by atoms with Gasteiger partial charge in [0.25, 0.3) is 0 Å². The number of hydrogen-bond acceptors (Lipinski definition) is 3. The summed E-state index contributed by atoms with van der Waals surface area (Å²) in [6.07, 6.45) is 0.226. The van der Waals surface area contributed by atoms with Gasteiger partial charge in [0.1, 0.15) is 6.61 Å². The van der Waals surface area contributed by atoms with Crippen molar-refractivity contribution in [1.82, 2.24) is 0 Å². The molecule has 0 bridgehead atoms. The summed E-state index contributed by atoms with van der Waals surface area (Å²) in [6.45, 7) is 0.847. The molecule has 5 heteroatoms. The quantitative estimate of drug-likeness (QED) is 0.798. The van der Waals surface area contributed by atoms with Crippen molar-refractivity contribution in [1.29, 1.82) is 0 Å². The van der Waals surface area contributed by atoms with Gasteiger partial charge in [-0.2, -0.15) is 0 Å². The first-order valence-electron chi connectivity index (χ1n) is 4.87. The van der Waals surface area contributed by atoms with E-state index < -0.39 is 0 Å². The molecule has 0 aliphatic rings. The Hall–Kier alpha value is -0.610. The Balaban J connectivity index is 2.52. The van der Waals surface area contributed by atoms with E-state index >= 15 is 0 Å². The second-order valence-corrected chi connectivity index (χ2v) is 4.14. The van der Waals surface area contributed by atoms with Crippen molar-refractivity contribution in [3.8, 4) is 0 Å². The predicted octanol–water partition coefficient (Wildman–Crippen LogP) is 2.08. The highest BCUT2D eigenvalue weighted by Crippen LogP contribution is 2.21. The molecular weight excluding hydrogens is 249 g/mol. The van der Waals surface area contributed by atoms with E-state index in [-0.39, 0.29) is 18.8 Å². The number of halogens is 2. The van der Waals surface area contributed by atoms with E-state index in [1.165, 1.54) is 0 Å². The number of hydrogen-bond donors (Lipinski definition) is 1. The van der Waals surface area contributed by atoms with Crippen LogP contribution in [0.4, 0.5) is 0 Å². The molecule has 0 spiro atoms. The van der Waals surface area contributed by atoms with Gasteiger partial charge < -0.3 is 10.5 Å². The van der Waals surface area contributed by atoms with E-state index in [0.29, 0.717) is 23.2 Å². The van der Waals surface area contributed by atoms with Crippen molar-refractivity contribution in [3.05, 3.63) is 33.8 Å². The molecule has 2 N–H and O–H groups in total. The maximum atomic E-state index is 11.5. The predicted molar refractivity (Wildman–Crippen MR) is 65.0 cm³/mol. The Bertz CT molecular complexity index is 369. The monoisotopic (exact) mass is 261 g/mol. The zero-order valence-corrected chi connectivity index (χ0v) is 10.2. The van der Waals surface area contributed by atoms with Gasteiger partial charge in [-0.1, -0.05) is 23.2 Å². The molecule has 1 aromatic carbocycles. The maximum absolute atomic E-state index is 11.5. The molecule has 0 aromatic heterocycles. The number of benzene rings is 1. The molecule has 0 aliphatic heterocycles. The summed E-state index contributed by atoms with van der Waals surface area (Å²) < 4.78 is 5.04. The Kier molecular flexibility index (Phi) is 5.77. The van der Waals surface area contributed by atoms with E-state index in [1.54, 1.807) is 18.2 Å². The van der Waals surface area contributed by atoms with Gasteiger partial charge in [-0.05, 0) is 23.8 Å². The number of ketones is 1. The van der Waals surface area contributed by atoms with Crippen LogP contribution in [0.5, 0.6) is 0 Å². The fourth-order valence-electron chi connectivity index (χ4n) is 1.21. The molecule has 0 saturated heterocycles. The largest absolute Gasteiger partial charge is 0.372 e. The molecule has 0 aliphatic carbocycles. The van der Waals surface area contributed by atoms with E-state index in [0.717, 1.165) is 5.56 Å². The minimum absolute atomic E-state index is 0.0439. The van der Waals surface area contributed by atoms with Gasteiger partial charge in [-0.3, -0.25) is 4.79 Å². The van der Waals surface area contributed by atoms with E-state index in [9.17, 15) is 4.79 Å². The second-order valence-electron chi connectivity index (χ2n) is 3.29. The van der Waals surface area contributed by atoms with Gasteiger partial charge in [-0.25, -0.2) is 0 Å². The average Bonchev–Trinajstić information content (AvgIpc) is 2.24. The van der Waals surface area contributed by atoms with E-state index in [2.05, 4.69) is 0 Å². The third-order valence-electron chi connectivity index (χ3n) is 1.92. The van der Waals surface area contributed by atoms with Gasteiger partial charge in [0.15, 0.2) is 5.78 Å². The Morgan fingerprint density at radius 1 is 1.38 bits per heavy atom. The lowest BCUT2D eigenvalue weighted by molar-refractivity contribution is -0.122. The topological polar surface area (TPSA) is 52.3 Å². The molecule has 1 rings (SSSR count). The van der Waals surface area contributed by atoms with Crippen LogP contribution in [0.15, 0.2) is 18.2 Å². The highest BCUT2D eigenvalue weighted by atomic mass is 35.5. The molecule has 0 saturated carbocycles. The van der Waals surface area contributed by atoms with Crippen LogP contribution in [0.2, 0.25) is 10.0 Å². The lowest BCUT2D eigenvalue weighted by Gasteiger charge is -2.05. The average molecular weight is 262 g/mol. The van der Waals surface area contributed by atoms with Gasteiger partial charge in [-0.15, -0.1) is 0 Å². The summed E-state index contributed by atoms with van der Waals surface area (Å²) >= 11 is 11.7. The molecule has 3 nitrogen and oxygen atoms in total. The maximum Gasteiger partial charge on any atom is 0.162 e. The molecule has 88 valence electrons. The summed E-state index contributed by atoms with van der Waals surface area (Å²) in [5, 5.41) is 1.10. The lowest BCUT2D eigenvalue weighted by Crippen LogP contribution is -2.16. The van der Waals surface area contributed by atoms with Crippen molar-refractivity contribution >= 4 is 29.0 Å². The highest BCUT2D eigenvalue weighted by Gasteiger charge is 2.07. The molecule has 0 fully saturated rings. The Labute approximate surface area is 104 Å². The number of Topliss-reactive ketones (excluding diaryl/α,β-unsaturated/α-hetero) is 1. The smallest absolute Gasteiger partial charge is 0.162 e. The zero-order chi connectivity index (χ0) is 12.0. The third kappa shape index (κ3) is 4.49. The number of rotatable bonds is 6. The standard InChI is InChI=1S/C11H13Cl2NO2/c12-9-1-2-11(13)8(5-9)6-10(15)7-16-4-3-14/h1-2,5H,3-4,6-7,14H2. The van der Waals surface area contributed by atoms with Gasteiger partial charge in [0.05, 0.1) is 6.61 Å². The normalized spacial score (nSPS) is 10.4. The fraction of sp³-hybridized carbons (Fsp3) is 0.364. The van der Waals surface area contributed by atoms with Crippen LogP contribution in [-0.2, 0) is 16.0 Å². The van der Waals surface area contributed by atoms with Crippen LogP contribution < -0.4 is 5.73 Å². The summed E-state index contributed by atoms with van der Waals surface area (Å²) in [5.41, 5.74) is 5.95. The first kappa shape index (κ1) is 13.5. The summed E-state index contributed by atoms with van der Waals surface area (Å²) in [4.78, 5) is 11.5. The van der Waals surface area contributed by atoms with Gasteiger partial charge >= 0.3 is 0 Å². The van der Waals surface area contributed by atoms with Crippen molar-refractivity contribution in [2.24, 2.45) is 5.73 Å². The summed E-state index contributed by atoms with van der Waals surface area (Å²) in [6, 6.07) is 5.04. The van der Waals surface area contributed by atoms with Crippen LogP contribution in [0.1, 0.15) is 5.56 Å². The van der Waals surface area contributed by atoms with E-state index in [1.807, 2.05) is 0 Å². The minimum Gasteiger partial charge on any atom is -0.372 e. The molecule has 0 radical (unpaired) electrons.